The Labute approximate surface area is 105 Å². The van der Waals surface area contributed by atoms with Gasteiger partial charge < -0.3 is 15.2 Å². The van der Waals surface area contributed by atoms with Crippen LogP contribution in [0.3, 0.4) is 0 Å². The van der Waals surface area contributed by atoms with Crippen LogP contribution in [-0.4, -0.2) is 24.7 Å². The van der Waals surface area contributed by atoms with Gasteiger partial charge in [0.15, 0.2) is 0 Å². The van der Waals surface area contributed by atoms with Crippen LogP contribution in [0.5, 0.6) is 5.75 Å². The summed E-state index contributed by atoms with van der Waals surface area (Å²) in [6.45, 7) is 2.11. The molecule has 1 fully saturated rings. The molecule has 2 N–H and O–H groups in total. The van der Waals surface area contributed by atoms with Gasteiger partial charge in [-0.25, -0.2) is 4.39 Å². The summed E-state index contributed by atoms with van der Waals surface area (Å²) >= 11 is 0. The highest BCUT2D eigenvalue weighted by atomic mass is 19.1. The summed E-state index contributed by atoms with van der Waals surface area (Å²) in [4.78, 5) is 10.9. The Morgan fingerprint density at radius 1 is 1.56 bits per heavy atom. The number of aliphatic carboxylic acids is 1. The molecular formula is C13H16FNO3. The molecule has 1 aliphatic heterocycles. The van der Waals surface area contributed by atoms with Crippen LogP contribution in [0.2, 0.25) is 0 Å². The highest BCUT2D eigenvalue weighted by Gasteiger charge is 2.31. The molecule has 2 atom stereocenters. The number of aryl methyl sites for hydroxylation is 1. The highest BCUT2D eigenvalue weighted by Crippen LogP contribution is 2.34. The number of methoxy groups -OCH3 is 1. The summed E-state index contributed by atoms with van der Waals surface area (Å²) in [5.41, 5.74) is 1.35. The van der Waals surface area contributed by atoms with Crippen LogP contribution in [-0.2, 0) is 4.79 Å². The summed E-state index contributed by atoms with van der Waals surface area (Å²) in [6, 6.07) is 2.97. The topological polar surface area (TPSA) is 58.6 Å². The van der Waals surface area contributed by atoms with Crippen molar-refractivity contribution in [1.82, 2.24) is 5.32 Å². The minimum absolute atomic E-state index is 0.0969. The molecule has 0 bridgehead atoms. The maximum Gasteiger partial charge on any atom is 0.307 e. The summed E-state index contributed by atoms with van der Waals surface area (Å²) < 4.78 is 18.6. The molecule has 0 radical (unpaired) electrons. The molecule has 98 valence electrons. The second-order valence-electron chi connectivity index (χ2n) is 4.58. The van der Waals surface area contributed by atoms with E-state index in [1.165, 1.54) is 13.2 Å². The molecule has 1 aromatic carbocycles. The van der Waals surface area contributed by atoms with Gasteiger partial charge in [-0.05, 0) is 25.0 Å². The third-order valence-corrected chi connectivity index (χ3v) is 3.37. The Hall–Kier alpha value is -1.62. The molecule has 0 aliphatic carbocycles. The first-order valence-electron chi connectivity index (χ1n) is 5.83. The number of benzene rings is 1. The zero-order chi connectivity index (χ0) is 13.3. The molecule has 1 aliphatic rings. The molecule has 2 rings (SSSR count). The predicted octanol–water partition coefficient (Wildman–Crippen LogP) is 1.88. The van der Waals surface area contributed by atoms with Gasteiger partial charge in [0.2, 0.25) is 0 Å². The first-order valence-corrected chi connectivity index (χ1v) is 5.83. The molecule has 0 amide bonds. The number of carbonyl (C=O) groups is 1. The molecule has 1 heterocycles. The maximum absolute atomic E-state index is 13.4. The van der Waals surface area contributed by atoms with E-state index in [-0.39, 0.29) is 11.9 Å². The zero-order valence-corrected chi connectivity index (χ0v) is 10.4. The van der Waals surface area contributed by atoms with Crippen molar-refractivity contribution in [2.45, 2.75) is 19.4 Å². The van der Waals surface area contributed by atoms with Crippen molar-refractivity contribution in [1.29, 1.82) is 0 Å². The normalized spacial score (nSPS) is 23.1. The fraction of sp³-hybridized carbons (Fsp3) is 0.462. The summed E-state index contributed by atoms with van der Waals surface area (Å²) in [6.07, 6.45) is 0.497. The van der Waals surface area contributed by atoms with E-state index >= 15 is 0 Å². The van der Waals surface area contributed by atoms with Crippen LogP contribution in [0.25, 0.3) is 0 Å². The van der Waals surface area contributed by atoms with E-state index in [0.717, 1.165) is 5.56 Å². The Kier molecular flexibility index (Phi) is 3.52. The van der Waals surface area contributed by atoms with E-state index in [4.69, 9.17) is 9.84 Å². The monoisotopic (exact) mass is 253 g/mol. The van der Waals surface area contributed by atoms with E-state index in [2.05, 4.69) is 5.32 Å². The number of hydrogen-bond donors (Lipinski definition) is 2. The minimum Gasteiger partial charge on any atom is -0.496 e. The molecule has 0 aromatic heterocycles. The van der Waals surface area contributed by atoms with Gasteiger partial charge in [0.1, 0.15) is 11.6 Å². The lowest BCUT2D eigenvalue weighted by atomic mass is 9.98. The summed E-state index contributed by atoms with van der Waals surface area (Å²) in [5.74, 6) is -1.06. The zero-order valence-electron chi connectivity index (χ0n) is 10.4. The molecule has 0 spiro atoms. The Morgan fingerprint density at radius 2 is 2.28 bits per heavy atom. The number of ether oxygens (including phenoxy) is 1. The number of halogens is 1. The van der Waals surface area contributed by atoms with Crippen molar-refractivity contribution < 1.29 is 19.0 Å². The molecule has 4 nitrogen and oxygen atoms in total. The van der Waals surface area contributed by atoms with Gasteiger partial charge >= 0.3 is 5.97 Å². The third-order valence-electron chi connectivity index (χ3n) is 3.37. The lowest BCUT2D eigenvalue weighted by Gasteiger charge is -2.16. The second kappa shape index (κ2) is 4.94. The van der Waals surface area contributed by atoms with E-state index in [1.54, 1.807) is 13.0 Å². The SMILES string of the molecule is COc1cc(F)c(C)cc1C1CC(C(=O)O)CN1. The largest absolute Gasteiger partial charge is 0.496 e. The minimum atomic E-state index is -0.803. The van der Waals surface area contributed by atoms with Gasteiger partial charge in [0.25, 0.3) is 0 Å². The second-order valence-corrected chi connectivity index (χ2v) is 4.58. The fourth-order valence-corrected chi connectivity index (χ4v) is 2.30. The smallest absolute Gasteiger partial charge is 0.307 e. The van der Waals surface area contributed by atoms with Crippen molar-refractivity contribution in [3.05, 3.63) is 29.1 Å². The van der Waals surface area contributed by atoms with Crippen LogP contribution >= 0.6 is 0 Å². The number of nitrogens with one attached hydrogen (secondary N) is 1. The number of carboxylic acids is 1. The van der Waals surface area contributed by atoms with Gasteiger partial charge in [0, 0.05) is 24.2 Å². The van der Waals surface area contributed by atoms with E-state index in [1.807, 2.05) is 0 Å². The van der Waals surface area contributed by atoms with Crippen LogP contribution < -0.4 is 10.1 Å². The van der Waals surface area contributed by atoms with E-state index in [9.17, 15) is 9.18 Å². The molecule has 2 unspecified atom stereocenters. The fourth-order valence-electron chi connectivity index (χ4n) is 2.30. The standard InChI is InChI=1S/C13H16FNO3/c1-7-3-9(12(18-2)5-10(7)14)11-4-8(6-15-11)13(16)17/h3,5,8,11,15H,4,6H2,1-2H3,(H,16,17). The Bertz CT molecular complexity index is 476. The molecule has 1 aromatic rings. The lowest BCUT2D eigenvalue weighted by Crippen LogP contribution is -2.17. The van der Waals surface area contributed by atoms with Gasteiger partial charge in [-0.3, -0.25) is 4.79 Å². The maximum atomic E-state index is 13.4. The molecule has 0 saturated carbocycles. The van der Waals surface area contributed by atoms with E-state index in [0.29, 0.717) is 24.3 Å². The van der Waals surface area contributed by atoms with Crippen molar-refractivity contribution in [3.63, 3.8) is 0 Å². The number of carboxylic acid groups (broad SMARTS) is 1. The number of hydrogen-bond acceptors (Lipinski definition) is 3. The molecule has 1 saturated heterocycles. The van der Waals surface area contributed by atoms with Gasteiger partial charge in [-0.15, -0.1) is 0 Å². The van der Waals surface area contributed by atoms with Gasteiger partial charge in [-0.1, -0.05) is 0 Å². The summed E-state index contributed by atoms with van der Waals surface area (Å²) in [7, 11) is 1.48. The first-order chi connectivity index (χ1) is 8.52. The molecular weight excluding hydrogens is 237 g/mol. The Balaban J connectivity index is 2.29. The van der Waals surface area contributed by atoms with Crippen molar-refractivity contribution in [2.75, 3.05) is 13.7 Å². The lowest BCUT2D eigenvalue weighted by molar-refractivity contribution is -0.141. The van der Waals surface area contributed by atoms with Gasteiger partial charge in [0.05, 0.1) is 13.0 Å². The molecule has 5 heteroatoms. The third kappa shape index (κ3) is 2.31. The van der Waals surface area contributed by atoms with Crippen LogP contribution in [0.4, 0.5) is 4.39 Å². The Morgan fingerprint density at radius 3 is 2.83 bits per heavy atom. The van der Waals surface area contributed by atoms with Crippen LogP contribution in [0, 0.1) is 18.7 Å². The summed E-state index contributed by atoms with van der Waals surface area (Å²) in [5, 5.41) is 12.1. The average molecular weight is 253 g/mol. The number of rotatable bonds is 3. The quantitative estimate of drug-likeness (QED) is 0.863. The van der Waals surface area contributed by atoms with Crippen LogP contribution in [0.15, 0.2) is 12.1 Å². The molecule has 18 heavy (non-hydrogen) atoms. The first kappa shape index (κ1) is 12.8. The van der Waals surface area contributed by atoms with Crippen molar-refractivity contribution in [2.24, 2.45) is 5.92 Å². The van der Waals surface area contributed by atoms with Crippen molar-refractivity contribution >= 4 is 5.97 Å². The highest BCUT2D eigenvalue weighted by molar-refractivity contribution is 5.71. The average Bonchev–Trinajstić information content (AvgIpc) is 2.81. The van der Waals surface area contributed by atoms with Crippen molar-refractivity contribution in [3.8, 4) is 5.75 Å². The van der Waals surface area contributed by atoms with Gasteiger partial charge in [-0.2, -0.15) is 0 Å². The van der Waals surface area contributed by atoms with Crippen LogP contribution in [0.1, 0.15) is 23.6 Å². The van der Waals surface area contributed by atoms with E-state index < -0.39 is 11.9 Å². The predicted molar refractivity (Wildman–Crippen MR) is 64.2 cm³/mol.